The van der Waals surface area contributed by atoms with Crippen LogP contribution < -0.4 is 31.3 Å². The van der Waals surface area contributed by atoms with Crippen LogP contribution in [0.1, 0.15) is 59.9 Å². The highest BCUT2D eigenvalue weighted by molar-refractivity contribution is 6.25. The Labute approximate surface area is 376 Å². The van der Waals surface area contributed by atoms with Gasteiger partial charge in [0.15, 0.2) is 0 Å². The summed E-state index contributed by atoms with van der Waals surface area (Å²) in [5.41, 5.74) is 5.57. The lowest BCUT2D eigenvalue weighted by Crippen LogP contribution is -2.57. The Kier molecular flexibility index (Phi) is 13.7. The van der Waals surface area contributed by atoms with Crippen molar-refractivity contribution in [3.63, 3.8) is 0 Å². The summed E-state index contributed by atoms with van der Waals surface area (Å²) in [6, 6.07) is 23.5. The second-order valence-electron chi connectivity index (χ2n) is 16.0. The van der Waals surface area contributed by atoms with Gasteiger partial charge in [-0.3, -0.25) is 19.3 Å². The summed E-state index contributed by atoms with van der Waals surface area (Å²) in [4.78, 5) is 88.9. The molecule has 16 nitrogen and oxygen atoms in total. The molecule has 0 unspecified atom stereocenters. The number of carbonyl (C=O) groups is 6. The zero-order chi connectivity index (χ0) is 46.4. The first-order valence-electron chi connectivity index (χ1n) is 21.1. The average Bonchev–Trinajstić information content (AvgIpc) is 3.77. The molecule has 1 spiro atoms. The van der Waals surface area contributed by atoms with Crippen molar-refractivity contribution < 1.29 is 48.1 Å². The van der Waals surface area contributed by atoms with E-state index in [1.807, 2.05) is 65.6 Å². The highest BCUT2D eigenvalue weighted by atomic mass is 16.6. The first-order valence-corrected chi connectivity index (χ1v) is 21.1. The summed E-state index contributed by atoms with van der Waals surface area (Å²) in [6.07, 6.45) is 0.509. The Hall–Kier alpha value is -7.48. The van der Waals surface area contributed by atoms with Crippen LogP contribution in [0.5, 0.6) is 5.75 Å². The number of nitrogens with one attached hydrogen (secondary N) is 3. The maximum absolute atomic E-state index is 16.3. The summed E-state index contributed by atoms with van der Waals surface area (Å²) in [7, 11) is 1.19. The van der Waals surface area contributed by atoms with E-state index in [9.17, 15) is 19.5 Å². The summed E-state index contributed by atoms with van der Waals surface area (Å²) in [6.45, 7) is 6.80. The number of urea groups is 2. The van der Waals surface area contributed by atoms with E-state index in [1.165, 1.54) is 19.3 Å². The zero-order valence-corrected chi connectivity index (χ0v) is 36.1. The van der Waals surface area contributed by atoms with E-state index in [1.54, 1.807) is 50.2 Å². The molecule has 7 rings (SSSR count). The molecule has 16 heteroatoms. The molecule has 65 heavy (non-hydrogen) atoms. The highest BCUT2D eigenvalue weighted by Gasteiger charge is 2.75. The predicted octanol–water partition coefficient (Wildman–Crippen LogP) is 3.95. The molecule has 3 aliphatic heterocycles. The van der Waals surface area contributed by atoms with E-state index in [-0.39, 0.29) is 37.6 Å². The fraction of sp³-hybridized carbons (Fsp3) is 0.306. The van der Waals surface area contributed by atoms with Crippen molar-refractivity contribution in [2.75, 3.05) is 38.3 Å². The van der Waals surface area contributed by atoms with E-state index in [4.69, 9.17) is 19.9 Å². The third-order valence-electron chi connectivity index (χ3n) is 11.9. The standard InChI is InChI=1S/C49H50N6O10/c1-5-24-51-43(57)37-40-45(59)65-41(32-16-10-7-11-17-32)39(31-14-8-6-9-15-31)55(40)42(33-19-21-34(22-20-33)64-27-26-56)49(37)35-28-30(13-12-25-52-47(50)61)18-23-36(35)54(46(49)60)48(62)53-38(29(2)3)44(58)63-4/h5-11,14-23,28-29,37-42,56H,1,24-27H2,2-4H3,(H,51,57)(H,53,62)(H3,50,52,61)/t37-,38-,39-,40-,41+,42+,49-/m0/s1. The molecule has 6 N–H and O–H groups in total. The molecule has 0 bridgehead atoms. The lowest BCUT2D eigenvalue weighted by molar-refractivity contribution is -0.178. The number of benzene rings is 4. The number of anilines is 1. The minimum Gasteiger partial charge on any atom is -0.491 e. The van der Waals surface area contributed by atoms with Crippen molar-refractivity contribution in [2.24, 2.45) is 17.6 Å². The third-order valence-corrected chi connectivity index (χ3v) is 11.9. The first kappa shape index (κ1) is 45.5. The van der Waals surface area contributed by atoms with Gasteiger partial charge in [-0.25, -0.2) is 19.3 Å². The number of hydrogen-bond donors (Lipinski definition) is 5. The van der Waals surface area contributed by atoms with Crippen molar-refractivity contribution in [3.8, 4) is 17.6 Å². The van der Waals surface area contributed by atoms with Gasteiger partial charge in [-0.2, -0.15) is 0 Å². The van der Waals surface area contributed by atoms with Crippen molar-refractivity contribution in [3.05, 3.63) is 144 Å². The van der Waals surface area contributed by atoms with Gasteiger partial charge in [-0.05, 0) is 58.5 Å². The number of methoxy groups -OCH3 is 1. The summed E-state index contributed by atoms with van der Waals surface area (Å²) < 4.78 is 17.2. The van der Waals surface area contributed by atoms with Crippen LogP contribution in [0.15, 0.2) is 116 Å². The largest absolute Gasteiger partial charge is 0.491 e. The van der Waals surface area contributed by atoms with E-state index >= 15 is 14.4 Å². The minimum atomic E-state index is -2.12. The van der Waals surface area contributed by atoms with Crippen molar-refractivity contribution in [1.29, 1.82) is 0 Å². The normalized spacial score (nSPS) is 22.4. The molecule has 0 aliphatic carbocycles. The number of carbonyl (C=O) groups excluding carboxylic acids is 6. The van der Waals surface area contributed by atoms with Gasteiger partial charge < -0.3 is 41.0 Å². The van der Waals surface area contributed by atoms with E-state index < -0.39 is 83.3 Å². The van der Waals surface area contributed by atoms with Gasteiger partial charge >= 0.3 is 24.0 Å². The summed E-state index contributed by atoms with van der Waals surface area (Å²) >= 11 is 0. The zero-order valence-electron chi connectivity index (χ0n) is 36.1. The molecule has 7 atom stereocenters. The number of cyclic esters (lactones) is 1. The van der Waals surface area contributed by atoms with Gasteiger partial charge in [-0.1, -0.05) is 105 Å². The van der Waals surface area contributed by atoms with Gasteiger partial charge in [0.1, 0.15) is 36.0 Å². The molecule has 336 valence electrons. The second kappa shape index (κ2) is 19.5. The molecular formula is C49H50N6O10. The smallest absolute Gasteiger partial charge is 0.329 e. The molecule has 2 fully saturated rings. The van der Waals surface area contributed by atoms with Gasteiger partial charge in [-0.15, -0.1) is 6.58 Å². The molecule has 0 radical (unpaired) electrons. The number of morpholine rings is 1. The molecule has 3 aliphatic rings. The number of aliphatic hydroxyl groups is 1. The average molecular weight is 883 g/mol. The van der Waals surface area contributed by atoms with Crippen LogP contribution in [0.2, 0.25) is 0 Å². The lowest BCUT2D eigenvalue weighted by Gasteiger charge is -2.46. The quantitative estimate of drug-likeness (QED) is 0.0736. The van der Waals surface area contributed by atoms with Crippen LogP contribution in [0.25, 0.3) is 0 Å². The third kappa shape index (κ3) is 8.51. The predicted molar refractivity (Wildman–Crippen MR) is 238 cm³/mol. The van der Waals surface area contributed by atoms with E-state index in [0.717, 1.165) is 4.90 Å². The minimum absolute atomic E-state index is 0.00475. The lowest BCUT2D eigenvalue weighted by atomic mass is 9.65. The molecule has 2 saturated heterocycles. The fourth-order valence-corrected chi connectivity index (χ4v) is 9.28. The molecule has 4 aromatic rings. The van der Waals surface area contributed by atoms with Gasteiger partial charge in [0, 0.05) is 12.1 Å². The number of fused-ring (bicyclic) bond motifs is 3. The Morgan fingerprint density at radius 3 is 2.22 bits per heavy atom. The number of aliphatic hydroxyl groups excluding tert-OH is 1. The first-order chi connectivity index (χ1) is 31.4. The molecular weight excluding hydrogens is 833 g/mol. The van der Waals surface area contributed by atoms with Gasteiger partial charge in [0.05, 0.1) is 44.0 Å². The van der Waals surface area contributed by atoms with Crippen LogP contribution >= 0.6 is 0 Å². The number of esters is 2. The maximum Gasteiger partial charge on any atom is 0.329 e. The number of ether oxygens (including phenoxy) is 3. The molecule has 0 saturated carbocycles. The Bertz CT molecular complexity index is 2520. The topological polar surface area (TPSA) is 219 Å². The summed E-state index contributed by atoms with van der Waals surface area (Å²) in [5, 5.41) is 17.5. The fourth-order valence-electron chi connectivity index (χ4n) is 9.28. The van der Waals surface area contributed by atoms with Crippen LogP contribution in [0, 0.1) is 23.7 Å². The van der Waals surface area contributed by atoms with Crippen molar-refractivity contribution in [2.45, 2.75) is 49.5 Å². The SMILES string of the molecule is C=CCNC(=O)[C@@H]1[C@H]2C(=O)O[C@H](c3ccccc3)[C@H](c3ccccc3)N2[C@H](c2ccc(OCCO)cc2)[C@@]12C(=O)N(C(=O)N[C@H](C(=O)OC)C(C)C)c1ccc(C#CCNC(N)=O)cc12. The number of rotatable bonds is 13. The number of nitrogens with two attached hydrogens (primary N) is 1. The van der Waals surface area contributed by atoms with Crippen molar-refractivity contribution in [1.82, 2.24) is 20.9 Å². The van der Waals surface area contributed by atoms with Crippen LogP contribution in [0.3, 0.4) is 0 Å². The molecule has 3 heterocycles. The Balaban J connectivity index is 1.57. The Morgan fingerprint density at radius 2 is 1.60 bits per heavy atom. The van der Waals surface area contributed by atoms with Crippen molar-refractivity contribution >= 4 is 41.5 Å². The van der Waals surface area contributed by atoms with Crippen LogP contribution in [0.4, 0.5) is 15.3 Å². The van der Waals surface area contributed by atoms with Crippen LogP contribution in [-0.2, 0) is 34.1 Å². The molecule has 4 aromatic carbocycles. The van der Waals surface area contributed by atoms with Crippen LogP contribution in [-0.4, -0.2) is 91.3 Å². The number of nitrogens with zero attached hydrogens (tertiary/aromatic N) is 2. The molecule has 6 amide bonds. The number of imide groups is 1. The highest BCUT2D eigenvalue weighted by Crippen LogP contribution is 2.66. The maximum atomic E-state index is 16.3. The monoisotopic (exact) mass is 882 g/mol. The second-order valence-corrected chi connectivity index (χ2v) is 16.0. The number of amides is 6. The van der Waals surface area contributed by atoms with E-state index in [2.05, 4.69) is 34.4 Å². The number of primary amides is 1. The summed E-state index contributed by atoms with van der Waals surface area (Å²) in [5.74, 6) is 1.07. The van der Waals surface area contributed by atoms with Gasteiger partial charge in [0.2, 0.25) is 11.8 Å². The van der Waals surface area contributed by atoms with Gasteiger partial charge in [0.25, 0.3) is 0 Å². The number of hydrogen-bond acceptors (Lipinski definition) is 11. The molecule has 0 aromatic heterocycles. The van der Waals surface area contributed by atoms with E-state index in [0.29, 0.717) is 28.0 Å². The Morgan fingerprint density at radius 1 is 0.923 bits per heavy atom.